The van der Waals surface area contributed by atoms with E-state index in [1.54, 1.807) is 13.8 Å². The number of sulfonamides is 1. The number of halogens is 1. The van der Waals surface area contributed by atoms with Crippen molar-refractivity contribution in [2.24, 2.45) is 5.92 Å². The molecule has 0 amide bonds. The molecule has 0 aliphatic heterocycles. The lowest BCUT2D eigenvalue weighted by Crippen LogP contribution is -2.37. The zero-order valence-electron chi connectivity index (χ0n) is 10.5. The van der Waals surface area contributed by atoms with Crippen LogP contribution in [0.2, 0.25) is 5.02 Å². The molecule has 6 heteroatoms. The summed E-state index contributed by atoms with van der Waals surface area (Å²) < 4.78 is 26.8. The van der Waals surface area contributed by atoms with E-state index in [4.69, 9.17) is 23.3 Å². The second kappa shape index (κ2) is 6.08. The molecule has 0 aliphatic carbocycles. The molecule has 0 spiro atoms. The van der Waals surface area contributed by atoms with Crippen LogP contribution >= 0.6 is 11.6 Å². The largest absolute Gasteiger partial charge is 0.243 e. The number of nitriles is 1. The van der Waals surface area contributed by atoms with Gasteiger partial charge >= 0.3 is 0 Å². The minimum Gasteiger partial charge on any atom is -0.207 e. The van der Waals surface area contributed by atoms with Crippen LogP contribution in [0.15, 0.2) is 23.1 Å². The zero-order chi connectivity index (χ0) is 14.6. The summed E-state index contributed by atoms with van der Waals surface area (Å²) >= 11 is 5.86. The number of benzene rings is 1. The molecule has 19 heavy (non-hydrogen) atoms. The molecular formula is C13H13ClN2O2S. The van der Waals surface area contributed by atoms with Crippen LogP contribution in [0, 0.1) is 29.6 Å². The first-order chi connectivity index (χ1) is 8.81. The molecule has 0 saturated heterocycles. The Morgan fingerprint density at radius 1 is 1.42 bits per heavy atom. The summed E-state index contributed by atoms with van der Waals surface area (Å²) in [6.45, 7) is 3.61. The molecule has 0 radical (unpaired) electrons. The molecule has 1 rings (SSSR count). The van der Waals surface area contributed by atoms with Crippen molar-refractivity contribution in [2.45, 2.75) is 24.8 Å². The van der Waals surface area contributed by atoms with Gasteiger partial charge in [0.15, 0.2) is 0 Å². The molecule has 0 saturated carbocycles. The number of nitrogens with zero attached hydrogens (tertiary/aromatic N) is 1. The van der Waals surface area contributed by atoms with E-state index in [2.05, 4.69) is 10.6 Å². The first kappa shape index (κ1) is 15.5. The first-order valence-corrected chi connectivity index (χ1v) is 7.36. The fraction of sp³-hybridized carbons (Fsp3) is 0.308. The van der Waals surface area contributed by atoms with Gasteiger partial charge in [0, 0.05) is 0 Å². The van der Waals surface area contributed by atoms with E-state index in [9.17, 15) is 8.42 Å². The van der Waals surface area contributed by atoms with Crippen molar-refractivity contribution in [1.82, 2.24) is 4.72 Å². The number of nitrogens with one attached hydrogen (secondary N) is 1. The quantitative estimate of drug-likeness (QED) is 0.866. The van der Waals surface area contributed by atoms with Crippen molar-refractivity contribution >= 4 is 21.6 Å². The predicted octanol–water partition coefficient (Wildman–Crippen LogP) is 2.15. The maximum absolute atomic E-state index is 12.2. The van der Waals surface area contributed by atoms with Crippen molar-refractivity contribution < 1.29 is 8.42 Å². The number of hydrogen-bond donors (Lipinski definition) is 1. The van der Waals surface area contributed by atoms with Gasteiger partial charge in [-0.25, -0.2) is 8.42 Å². The summed E-state index contributed by atoms with van der Waals surface area (Å²) in [5.41, 5.74) is 0.214. The lowest BCUT2D eigenvalue weighted by molar-refractivity contribution is 0.518. The molecule has 0 aromatic heterocycles. The molecule has 1 N–H and O–H groups in total. The van der Waals surface area contributed by atoms with Gasteiger partial charge in [0.05, 0.1) is 22.7 Å². The summed E-state index contributed by atoms with van der Waals surface area (Å²) in [6, 6.07) is 5.27. The van der Waals surface area contributed by atoms with Crippen LogP contribution in [-0.2, 0) is 10.0 Å². The van der Waals surface area contributed by atoms with Gasteiger partial charge in [0.2, 0.25) is 10.0 Å². The highest BCUT2D eigenvalue weighted by Gasteiger charge is 2.23. The second-order valence-electron chi connectivity index (χ2n) is 4.27. The van der Waals surface area contributed by atoms with Gasteiger partial charge in [0.25, 0.3) is 0 Å². The Labute approximate surface area is 118 Å². The van der Waals surface area contributed by atoms with Crippen LogP contribution in [0.4, 0.5) is 0 Å². The highest BCUT2D eigenvalue weighted by Crippen LogP contribution is 2.23. The summed E-state index contributed by atoms with van der Waals surface area (Å²) in [5.74, 6) is 2.32. The Morgan fingerprint density at radius 2 is 2.05 bits per heavy atom. The van der Waals surface area contributed by atoms with Crippen LogP contribution in [0.1, 0.15) is 19.4 Å². The van der Waals surface area contributed by atoms with Crippen molar-refractivity contribution in [3.05, 3.63) is 28.8 Å². The number of terminal acetylenes is 1. The van der Waals surface area contributed by atoms with Crippen LogP contribution < -0.4 is 4.72 Å². The van der Waals surface area contributed by atoms with Crippen molar-refractivity contribution in [2.75, 3.05) is 0 Å². The molecule has 1 aromatic carbocycles. The monoisotopic (exact) mass is 296 g/mol. The van der Waals surface area contributed by atoms with E-state index in [0.29, 0.717) is 0 Å². The van der Waals surface area contributed by atoms with Gasteiger partial charge in [0.1, 0.15) is 4.90 Å². The molecular weight excluding hydrogens is 284 g/mol. The summed E-state index contributed by atoms with van der Waals surface area (Å²) in [5, 5.41) is 8.84. The van der Waals surface area contributed by atoms with Gasteiger partial charge in [-0.3, -0.25) is 0 Å². The lowest BCUT2D eigenvalue weighted by Gasteiger charge is -2.17. The van der Waals surface area contributed by atoms with E-state index in [-0.39, 0.29) is 21.4 Å². The Hall–Kier alpha value is -1.53. The molecule has 0 bridgehead atoms. The fourth-order valence-corrected chi connectivity index (χ4v) is 3.20. The van der Waals surface area contributed by atoms with Crippen molar-refractivity contribution in [1.29, 1.82) is 5.26 Å². The second-order valence-corrected chi connectivity index (χ2v) is 6.36. The van der Waals surface area contributed by atoms with Gasteiger partial charge in [-0.2, -0.15) is 9.98 Å². The SMILES string of the molecule is C#CC(NS(=O)(=O)c1cc(C#N)ccc1Cl)C(C)C. The maximum Gasteiger partial charge on any atom is 0.243 e. The molecule has 100 valence electrons. The average Bonchev–Trinajstić information content (AvgIpc) is 2.36. The molecule has 1 aromatic rings. The third-order valence-corrected chi connectivity index (χ3v) is 4.40. The van der Waals surface area contributed by atoms with E-state index in [1.165, 1.54) is 18.2 Å². The fourth-order valence-electron chi connectivity index (χ4n) is 1.37. The number of hydrogen-bond acceptors (Lipinski definition) is 3. The Balaban J connectivity index is 3.22. The molecule has 0 aliphatic rings. The smallest absolute Gasteiger partial charge is 0.207 e. The van der Waals surface area contributed by atoms with Gasteiger partial charge in [-0.1, -0.05) is 31.4 Å². The Morgan fingerprint density at radius 3 is 2.53 bits per heavy atom. The molecule has 0 heterocycles. The minimum absolute atomic E-state index is 0.0472. The normalized spacial score (nSPS) is 12.7. The van der Waals surface area contributed by atoms with E-state index in [1.807, 2.05) is 6.07 Å². The van der Waals surface area contributed by atoms with E-state index < -0.39 is 16.1 Å². The van der Waals surface area contributed by atoms with Gasteiger partial charge in [-0.05, 0) is 24.1 Å². The first-order valence-electron chi connectivity index (χ1n) is 5.50. The Kier molecular flexibility index (Phi) is 4.97. The predicted molar refractivity (Wildman–Crippen MR) is 73.9 cm³/mol. The number of rotatable bonds is 4. The van der Waals surface area contributed by atoms with Crippen molar-refractivity contribution in [3.8, 4) is 18.4 Å². The zero-order valence-corrected chi connectivity index (χ0v) is 12.1. The van der Waals surface area contributed by atoms with E-state index >= 15 is 0 Å². The highest BCUT2D eigenvalue weighted by molar-refractivity contribution is 7.89. The topological polar surface area (TPSA) is 70.0 Å². The molecule has 1 unspecified atom stereocenters. The van der Waals surface area contributed by atoms with E-state index in [0.717, 1.165) is 0 Å². The third kappa shape index (κ3) is 3.71. The maximum atomic E-state index is 12.2. The van der Waals surface area contributed by atoms with Crippen LogP contribution in [-0.4, -0.2) is 14.5 Å². The Bertz CT molecular complexity index is 654. The standard InChI is InChI=1S/C13H13ClN2O2S/c1-4-12(9(2)3)16-19(17,18)13-7-10(8-15)5-6-11(13)14/h1,5-7,9,12,16H,2-3H3. The average molecular weight is 297 g/mol. The molecule has 1 atom stereocenters. The van der Waals surface area contributed by atoms with Gasteiger partial charge in [-0.15, -0.1) is 6.42 Å². The van der Waals surface area contributed by atoms with Gasteiger partial charge < -0.3 is 0 Å². The van der Waals surface area contributed by atoms with Crippen LogP contribution in [0.25, 0.3) is 0 Å². The van der Waals surface area contributed by atoms with Crippen LogP contribution in [0.3, 0.4) is 0 Å². The third-order valence-electron chi connectivity index (χ3n) is 2.48. The lowest BCUT2D eigenvalue weighted by atomic mass is 10.1. The van der Waals surface area contributed by atoms with Crippen molar-refractivity contribution in [3.63, 3.8) is 0 Å². The summed E-state index contributed by atoms with van der Waals surface area (Å²) in [6.07, 6.45) is 5.29. The summed E-state index contributed by atoms with van der Waals surface area (Å²) in [4.78, 5) is -0.144. The molecule has 0 fully saturated rings. The highest BCUT2D eigenvalue weighted by atomic mass is 35.5. The van der Waals surface area contributed by atoms with Crippen LogP contribution in [0.5, 0.6) is 0 Å². The molecule has 4 nitrogen and oxygen atoms in total. The minimum atomic E-state index is -3.86. The summed E-state index contributed by atoms with van der Waals surface area (Å²) in [7, 11) is -3.86.